The van der Waals surface area contributed by atoms with E-state index in [4.69, 9.17) is 0 Å². The summed E-state index contributed by atoms with van der Waals surface area (Å²) in [6.45, 7) is 5.03. The Morgan fingerprint density at radius 2 is 1.91 bits per heavy atom. The van der Waals surface area contributed by atoms with Crippen LogP contribution >= 0.6 is 11.3 Å². The van der Waals surface area contributed by atoms with Crippen LogP contribution in [0.3, 0.4) is 0 Å². The first kappa shape index (κ1) is 22.1. The maximum Gasteiger partial charge on any atom is 0.238 e. The summed E-state index contributed by atoms with van der Waals surface area (Å²) in [5.41, 5.74) is 3.76. The molecule has 0 unspecified atom stereocenters. The zero-order valence-corrected chi connectivity index (χ0v) is 19.0. The lowest BCUT2D eigenvalue weighted by Crippen LogP contribution is -2.50. The molecule has 8 heteroatoms. The summed E-state index contributed by atoms with van der Waals surface area (Å²) < 4.78 is 0. The molecule has 3 heterocycles. The topological polar surface area (TPSA) is 78.4 Å². The lowest BCUT2D eigenvalue weighted by atomic mass is 10.1. The molecule has 32 heavy (non-hydrogen) atoms. The molecule has 0 spiro atoms. The van der Waals surface area contributed by atoms with Crippen LogP contribution in [0.1, 0.15) is 18.2 Å². The van der Waals surface area contributed by atoms with Crippen molar-refractivity contribution in [3.63, 3.8) is 0 Å². The Morgan fingerprint density at radius 3 is 2.66 bits per heavy atom. The molecule has 0 aliphatic carbocycles. The third-order valence-corrected chi connectivity index (χ3v) is 6.50. The van der Waals surface area contributed by atoms with Gasteiger partial charge in [-0.05, 0) is 30.2 Å². The number of hydrogen-bond acceptors (Lipinski definition) is 6. The van der Waals surface area contributed by atoms with Crippen LogP contribution in [0.2, 0.25) is 0 Å². The van der Waals surface area contributed by atoms with Gasteiger partial charge in [0.1, 0.15) is 5.01 Å². The number of aryl methyl sites for hydroxylation is 1. The second kappa shape index (κ2) is 10.5. The highest BCUT2D eigenvalue weighted by Crippen LogP contribution is 2.23. The normalized spacial score (nSPS) is 14.3. The standard InChI is InChI=1S/C24H27N5O2S/c1-2-18-6-3-4-8-21(18)27-22(30)16-28-10-12-29(13-11-28)23(31)14-20-17-32-24(26-20)19-7-5-9-25-15-19/h3-9,15,17H,2,10-14,16H2,1H3,(H,27,30). The van der Waals surface area contributed by atoms with Gasteiger partial charge in [-0.3, -0.25) is 19.5 Å². The fraction of sp³-hybridized carbons (Fsp3) is 0.333. The molecular formula is C24H27N5O2S. The predicted molar refractivity (Wildman–Crippen MR) is 127 cm³/mol. The number of piperazine rings is 1. The van der Waals surface area contributed by atoms with Crippen LogP contribution in [0.4, 0.5) is 5.69 Å². The monoisotopic (exact) mass is 449 g/mol. The van der Waals surface area contributed by atoms with Crippen molar-refractivity contribution in [3.05, 3.63) is 65.4 Å². The molecule has 1 aliphatic heterocycles. The van der Waals surface area contributed by atoms with Crippen molar-refractivity contribution in [3.8, 4) is 10.6 Å². The Labute approximate surface area is 192 Å². The van der Waals surface area contributed by atoms with Crippen LogP contribution in [-0.4, -0.2) is 64.3 Å². The van der Waals surface area contributed by atoms with Crippen LogP contribution in [0, 0.1) is 0 Å². The van der Waals surface area contributed by atoms with Gasteiger partial charge in [0.15, 0.2) is 0 Å². The van der Waals surface area contributed by atoms with E-state index in [-0.39, 0.29) is 11.8 Å². The number of anilines is 1. The first-order valence-corrected chi connectivity index (χ1v) is 11.7. The number of benzene rings is 1. The number of carbonyl (C=O) groups excluding carboxylic acids is 2. The van der Waals surface area contributed by atoms with E-state index in [1.54, 1.807) is 12.4 Å². The Kier molecular flexibility index (Phi) is 7.24. The smallest absolute Gasteiger partial charge is 0.238 e. The van der Waals surface area contributed by atoms with E-state index in [0.29, 0.717) is 39.1 Å². The summed E-state index contributed by atoms with van der Waals surface area (Å²) in [7, 11) is 0. The quantitative estimate of drug-likeness (QED) is 0.600. The summed E-state index contributed by atoms with van der Waals surface area (Å²) >= 11 is 1.53. The number of para-hydroxylation sites is 1. The molecule has 1 N–H and O–H groups in total. The molecule has 0 atom stereocenters. The summed E-state index contributed by atoms with van der Waals surface area (Å²) in [5, 5.41) is 5.83. The number of amides is 2. The fourth-order valence-electron chi connectivity index (χ4n) is 3.78. The maximum atomic E-state index is 12.7. The van der Waals surface area contributed by atoms with Gasteiger partial charge in [-0.25, -0.2) is 4.98 Å². The van der Waals surface area contributed by atoms with Crippen molar-refractivity contribution in [1.82, 2.24) is 19.8 Å². The first-order chi connectivity index (χ1) is 15.6. The highest BCUT2D eigenvalue weighted by atomic mass is 32.1. The molecule has 1 saturated heterocycles. The summed E-state index contributed by atoms with van der Waals surface area (Å²) in [6.07, 6.45) is 4.68. The molecule has 0 saturated carbocycles. The molecular weight excluding hydrogens is 422 g/mol. The SMILES string of the molecule is CCc1ccccc1NC(=O)CN1CCN(C(=O)Cc2csc(-c3cccnc3)n2)CC1. The molecule has 0 radical (unpaired) electrons. The average Bonchev–Trinajstić information content (AvgIpc) is 3.29. The number of nitrogens with one attached hydrogen (secondary N) is 1. The Hall–Kier alpha value is -3.10. The zero-order valence-electron chi connectivity index (χ0n) is 18.2. The van der Waals surface area contributed by atoms with E-state index in [9.17, 15) is 9.59 Å². The highest BCUT2D eigenvalue weighted by Gasteiger charge is 2.23. The highest BCUT2D eigenvalue weighted by molar-refractivity contribution is 7.13. The van der Waals surface area contributed by atoms with E-state index in [2.05, 4.69) is 27.1 Å². The van der Waals surface area contributed by atoms with Crippen LogP contribution in [0.25, 0.3) is 10.6 Å². The predicted octanol–water partition coefficient (Wildman–Crippen LogP) is 3.09. The van der Waals surface area contributed by atoms with Gasteiger partial charge in [-0.2, -0.15) is 0 Å². The van der Waals surface area contributed by atoms with Gasteiger partial charge < -0.3 is 10.2 Å². The number of hydrogen-bond donors (Lipinski definition) is 1. The van der Waals surface area contributed by atoms with Crippen molar-refractivity contribution in [2.45, 2.75) is 19.8 Å². The molecule has 2 aromatic heterocycles. The van der Waals surface area contributed by atoms with E-state index < -0.39 is 0 Å². The number of carbonyl (C=O) groups is 2. The third kappa shape index (κ3) is 5.57. The molecule has 1 aromatic carbocycles. The van der Waals surface area contributed by atoms with Gasteiger partial charge in [0, 0.05) is 55.2 Å². The number of thiazole rings is 1. The van der Waals surface area contributed by atoms with Gasteiger partial charge in [-0.15, -0.1) is 11.3 Å². The molecule has 2 amide bonds. The Morgan fingerprint density at radius 1 is 1.09 bits per heavy atom. The van der Waals surface area contributed by atoms with Gasteiger partial charge in [0.05, 0.1) is 18.7 Å². The summed E-state index contributed by atoms with van der Waals surface area (Å²) in [5.74, 6) is 0.0603. The van der Waals surface area contributed by atoms with Gasteiger partial charge in [0.2, 0.25) is 11.8 Å². The molecule has 7 nitrogen and oxygen atoms in total. The van der Waals surface area contributed by atoms with E-state index >= 15 is 0 Å². The second-order valence-electron chi connectivity index (χ2n) is 7.78. The van der Waals surface area contributed by atoms with Crippen LogP contribution in [0.15, 0.2) is 54.2 Å². The number of nitrogens with zero attached hydrogens (tertiary/aromatic N) is 4. The van der Waals surface area contributed by atoms with E-state index in [1.165, 1.54) is 11.3 Å². The largest absolute Gasteiger partial charge is 0.340 e. The summed E-state index contributed by atoms with van der Waals surface area (Å²) in [4.78, 5) is 37.9. The van der Waals surface area contributed by atoms with E-state index in [1.807, 2.05) is 46.7 Å². The van der Waals surface area contributed by atoms with Crippen LogP contribution in [-0.2, 0) is 22.4 Å². The van der Waals surface area contributed by atoms with Crippen LogP contribution in [0.5, 0.6) is 0 Å². The number of rotatable bonds is 7. The molecule has 0 bridgehead atoms. The summed E-state index contributed by atoms with van der Waals surface area (Å²) in [6, 6.07) is 11.7. The van der Waals surface area contributed by atoms with Gasteiger partial charge in [-0.1, -0.05) is 25.1 Å². The molecule has 4 rings (SSSR count). The Balaban J connectivity index is 1.24. The number of pyridine rings is 1. The van der Waals surface area contributed by atoms with Crippen molar-refractivity contribution in [1.29, 1.82) is 0 Å². The lowest BCUT2D eigenvalue weighted by molar-refractivity contribution is -0.132. The molecule has 1 fully saturated rings. The lowest BCUT2D eigenvalue weighted by Gasteiger charge is -2.34. The second-order valence-corrected chi connectivity index (χ2v) is 8.64. The Bertz CT molecular complexity index is 1060. The van der Waals surface area contributed by atoms with Crippen molar-refractivity contribution >= 4 is 28.8 Å². The van der Waals surface area contributed by atoms with Crippen molar-refractivity contribution in [2.75, 3.05) is 38.0 Å². The van der Waals surface area contributed by atoms with E-state index in [0.717, 1.165) is 33.9 Å². The van der Waals surface area contributed by atoms with Crippen LogP contribution < -0.4 is 5.32 Å². The number of aromatic nitrogens is 2. The minimum Gasteiger partial charge on any atom is -0.340 e. The fourth-order valence-corrected chi connectivity index (χ4v) is 4.59. The molecule has 166 valence electrons. The third-order valence-electron chi connectivity index (χ3n) is 5.56. The zero-order chi connectivity index (χ0) is 22.3. The van der Waals surface area contributed by atoms with Crippen molar-refractivity contribution < 1.29 is 9.59 Å². The van der Waals surface area contributed by atoms with Gasteiger partial charge in [0.25, 0.3) is 0 Å². The first-order valence-electron chi connectivity index (χ1n) is 10.8. The molecule has 3 aromatic rings. The minimum atomic E-state index is -0.0175. The minimum absolute atomic E-state index is 0.0175. The average molecular weight is 450 g/mol. The van der Waals surface area contributed by atoms with Gasteiger partial charge >= 0.3 is 0 Å². The maximum absolute atomic E-state index is 12.7. The van der Waals surface area contributed by atoms with Crippen molar-refractivity contribution in [2.24, 2.45) is 0 Å². The molecule has 1 aliphatic rings.